The summed E-state index contributed by atoms with van der Waals surface area (Å²) < 4.78 is 0.829. The lowest BCUT2D eigenvalue weighted by Gasteiger charge is -2.12. The molecule has 0 aliphatic heterocycles. The second-order valence-corrected chi connectivity index (χ2v) is 4.82. The van der Waals surface area contributed by atoms with Crippen molar-refractivity contribution in [2.75, 3.05) is 19.8 Å². The van der Waals surface area contributed by atoms with Crippen LogP contribution in [0.1, 0.15) is 6.92 Å². The molecule has 0 aromatic rings. The maximum absolute atomic E-state index is 5.22. The van der Waals surface area contributed by atoms with Gasteiger partial charge in [-0.05, 0) is 19.1 Å². The van der Waals surface area contributed by atoms with E-state index in [9.17, 15) is 0 Å². The minimum absolute atomic E-state index is 0.171. The van der Waals surface area contributed by atoms with Crippen molar-refractivity contribution in [3.8, 4) is 0 Å². The van der Waals surface area contributed by atoms with Crippen LogP contribution in [0.2, 0.25) is 0 Å². The van der Waals surface area contributed by atoms with Crippen molar-refractivity contribution < 1.29 is 0 Å². The van der Waals surface area contributed by atoms with E-state index in [-0.39, 0.29) is 5.11 Å². The van der Waals surface area contributed by atoms with E-state index >= 15 is 0 Å². The van der Waals surface area contributed by atoms with Crippen molar-refractivity contribution in [2.45, 2.75) is 6.92 Å². The zero-order valence-corrected chi connectivity index (χ0v) is 10.9. The van der Waals surface area contributed by atoms with Gasteiger partial charge in [-0.2, -0.15) is 5.10 Å². The van der Waals surface area contributed by atoms with Gasteiger partial charge in [0.15, 0.2) is 5.11 Å². The van der Waals surface area contributed by atoms with Crippen LogP contribution in [0.4, 0.5) is 0 Å². The first-order valence-electron chi connectivity index (χ1n) is 3.86. The Morgan fingerprint density at radius 1 is 1.50 bits per heavy atom. The number of thiocarbonyl (C=S) groups is 2. The van der Waals surface area contributed by atoms with Crippen molar-refractivity contribution >= 4 is 51.3 Å². The van der Waals surface area contributed by atoms with Gasteiger partial charge >= 0.3 is 0 Å². The molecule has 0 aromatic carbocycles. The molecule has 0 atom stereocenters. The summed E-state index contributed by atoms with van der Waals surface area (Å²) in [5, 5.41) is 4.13. The zero-order valence-electron chi connectivity index (χ0n) is 8.40. The normalized spacial score (nSPS) is 10.9. The van der Waals surface area contributed by atoms with Crippen LogP contribution >= 0.6 is 36.2 Å². The first-order valence-corrected chi connectivity index (χ1v) is 5.66. The van der Waals surface area contributed by atoms with Crippen molar-refractivity contribution in [3.05, 3.63) is 0 Å². The zero-order chi connectivity index (χ0) is 11.1. The van der Waals surface area contributed by atoms with Gasteiger partial charge in [0.1, 0.15) is 4.32 Å². The molecular formula is C7H14N4S3. The molecule has 0 rings (SSSR count). The molecule has 0 saturated heterocycles. The van der Waals surface area contributed by atoms with E-state index in [4.69, 9.17) is 18.0 Å². The second-order valence-electron chi connectivity index (χ2n) is 2.77. The van der Waals surface area contributed by atoms with Crippen LogP contribution in [0.15, 0.2) is 5.10 Å². The van der Waals surface area contributed by atoms with Gasteiger partial charge in [0.2, 0.25) is 0 Å². The average molecular weight is 250 g/mol. The Labute approximate surface area is 99.3 Å². The Kier molecular flexibility index (Phi) is 6.77. The molecule has 14 heavy (non-hydrogen) atoms. The molecule has 0 aliphatic rings. The molecule has 0 heterocycles. The molecule has 0 saturated carbocycles. The molecular weight excluding hydrogens is 236 g/mol. The molecule has 0 spiro atoms. The van der Waals surface area contributed by atoms with E-state index in [1.165, 1.54) is 0 Å². The maximum atomic E-state index is 5.22. The average Bonchev–Trinajstić information content (AvgIpc) is 2.10. The van der Waals surface area contributed by atoms with E-state index in [2.05, 4.69) is 22.7 Å². The van der Waals surface area contributed by atoms with Crippen molar-refractivity contribution in [1.82, 2.24) is 10.3 Å². The van der Waals surface area contributed by atoms with Gasteiger partial charge in [-0.25, -0.2) is 0 Å². The maximum Gasteiger partial charge on any atom is 0.184 e. The molecule has 80 valence electrons. The summed E-state index contributed by atoms with van der Waals surface area (Å²) in [6, 6.07) is 0. The second kappa shape index (κ2) is 6.97. The molecule has 0 amide bonds. The van der Waals surface area contributed by atoms with Gasteiger partial charge < -0.3 is 10.6 Å². The topological polar surface area (TPSA) is 53.6 Å². The fourth-order valence-electron chi connectivity index (χ4n) is 0.478. The van der Waals surface area contributed by atoms with Crippen LogP contribution in [-0.2, 0) is 0 Å². The summed E-state index contributed by atoms with van der Waals surface area (Å²) in [5.74, 6) is 0.729. The highest BCUT2D eigenvalue weighted by molar-refractivity contribution is 8.23. The molecule has 0 aromatic heterocycles. The van der Waals surface area contributed by atoms with Crippen LogP contribution in [0, 0.1) is 0 Å². The number of hydrazone groups is 1. The number of hydrogen-bond donors (Lipinski definition) is 2. The summed E-state index contributed by atoms with van der Waals surface area (Å²) in [7, 11) is 3.82. The standard InChI is InChI=1S/C7H14N4S3/c1-5(9-10-6(8)12)4-14-7(13)11(2)3/h4H2,1-3H3,(H3,8,10,12)/b9-5+. The number of hydrogen-bond acceptors (Lipinski definition) is 4. The summed E-state index contributed by atoms with van der Waals surface area (Å²) in [5.41, 5.74) is 8.64. The number of nitrogens with one attached hydrogen (secondary N) is 1. The third kappa shape index (κ3) is 7.05. The Bertz CT molecular complexity index is 249. The fourth-order valence-corrected chi connectivity index (χ4v) is 1.36. The van der Waals surface area contributed by atoms with Crippen LogP contribution in [-0.4, -0.2) is 39.9 Å². The highest BCUT2D eigenvalue weighted by atomic mass is 32.2. The van der Waals surface area contributed by atoms with Crippen LogP contribution in [0.3, 0.4) is 0 Å². The lowest BCUT2D eigenvalue weighted by Crippen LogP contribution is -2.25. The molecule has 7 heteroatoms. The van der Waals surface area contributed by atoms with E-state index in [0.717, 1.165) is 15.8 Å². The Balaban J connectivity index is 3.84. The van der Waals surface area contributed by atoms with Crippen LogP contribution in [0.25, 0.3) is 0 Å². The minimum Gasteiger partial charge on any atom is -0.375 e. The van der Waals surface area contributed by atoms with Crippen molar-refractivity contribution in [3.63, 3.8) is 0 Å². The Morgan fingerprint density at radius 2 is 2.07 bits per heavy atom. The minimum atomic E-state index is 0.171. The molecule has 0 bridgehead atoms. The fraction of sp³-hybridized carbons (Fsp3) is 0.571. The lowest BCUT2D eigenvalue weighted by atomic mass is 10.5. The van der Waals surface area contributed by atoms with E-state index in [1.807, 2.05) is 25.9 Å². The Morgan fingerprint density at radius 3 is 2.50 bits per heavy atom. The van der Waals surface area contributed by atoms with Crippen LogP contribution in [0.5, 0.6) is 0 Å². The largest absolute Gasteiger partial charge is 0.375 e. The first-order chi connectivity index (χ1) is 6.43. The van der Waals surface area contributed by atoms with E-state index < -0.39 is 0 Å². The van der Waals surface area contributed by atoms with Crippen molar-refractivity contribution in [2.24, 2.45) is 10.8 Å². The summed E-state index contributed by atoms with van der Waals surface area (Å²) in [6.45, 7) is 1.89. The van der Waals surface area contributed by atoms with Gasteiger partial charge in [-0.3, -0.25) is 5.43 Å². The highest BCUT2D eigenvalue weighted by Gasteiger charge is 2.00. The molecule has 0 radical (unpaired) electrons. The molecule has 0 fully saturated rings. The molecule has 3 N–H and O–H groups in total. The number of nitrogens with two attached hydrogens (primary N) is 1. The van der Waals surface area contributed by atoms with Crippen molar-refractivity contribution in [1.29, 1.82) is 0 Å². The smallest absolute Gasteiger partial charge is 0.184 e. The summed E-state index contributed by atoms with van der Waals surface area (Å²) >= 11 is 11.3. The van der Waals surface area contributed by atoms with Gasteiger partial charge in [-0.15, -0.1) is 0 Å². The molecule has 0 unspecified atom stereocenters. The van der Waals surface area contributed by atoms with Gasteiger partial charge in [0, 0.05) is 25.6 Å². The van der Waals surface area contributed by atoms with Gasteiger partial charge in [-0.1, -0.05) is 24.0 Å². The summed E-state index contributed by atoms with van der Waals surface area (Å²) in [6.07, 6.45) is 0. The molecule has 0 aliphatic carbocycles. The predicted octanol–water partition coefficient (Wildman–Crippen LogP) is 0.775. The number of rotatable bonds is 3. The third-order valence-corrected chi connectivity index (χ3v) is 3.11. The monoisotopic (exact) mass is 250 g/mol. The summed E-state index contributed by atoms with van der Waals surface area (Å²) in [4.78, 5) is 1.88. The van der Waals surface area contributed by atoms with E-state index in [1.54, 1.807) is 11.8 Å². The lowest BCUT2D eigenvalue weighted by molar-refractivity contribution is 0.648. The highest BCUT2D eigenvalue weighted by Crippen LogP contribution is 2.06. The number of nitrogens with zero attached hydrogens (tertiary/aromatic N) is 2. The van der Waals surface area contributed by atoms with Gasteiger partial charge in [0.05, 0.1) is 0 Å². The first kappa shape index (κ1) is 13.6. The molecule has 4 nitrogen and oxygen atoms in total. The predicted molar refractivity (Wildman–Crippen MR) is 71.8 cm³/mol. The SMILES string of the molecule is C/C(CSC(=S)N(C)C)=N\NC(N)=S. The third-order valence-electron chi connectivity index (χ3n) is 1.13. The van der Waals surface area contributed by atoms with Gasteiger partial charge in [0.25, 0.3) is 0 Å². The van der Waals surface area contributed by atoms with Crippen LogP contribution < -0.4 is 11.2 Å². The van der Waals surface area contributed by atoms with E-state index in [0.29, 0.717) is 0 Å². The number of thioether (sulfide) groups is 1. The quantitative estimate of drug-likeness (QED) is 0.438. The Hall–Kier alpha value is -0.400.